The van der Waals surface area contributed by atoms with E-state index in [0.717, 1.165) is 38.5 Å². The van der Waals surface area contributed by atoms with Gasteiger partial charge in [0.15, 0.2) is 0 Å². The lowest BCUT2D eigenvalue weighted by Crippen LogP contribution is -2.41. The van der Waals surface area contributed by atoms with Gasteiger partial charge in [-0.25, -0.2) is 4.79 Å². The van der Waals surface area contributed by atoms with Gasteiger partial charge in [0, 0.05) is 19.5 Å². The van der Waals surface area contributed by atoms with Crippen LogP contribution >= 0.6 is 0 Å². The van der Waals surface area contributed by atoms with Gasteiger partial charge in [-0.1, -0.05) is 25.7 Å². The highest BCUT2D eigenvalue weighted by Gasteiger charge is 2.15. The summed E-state index contributed by atoms with van der Waals surface area (Å²) in [5, 5.41) is 5.53. The van der Waals surface area contributed by atoms with Crippen LogP contribution in [-0.2, 0) is 19.1 Å². The molecule has 0 aromatic rings. The van der Waals surface area contributed by atoms with Crippen molar-refractivity contribution < 1.29 is 23.9 Å². The molecule has 4 N–H and O–H groups in total. The zero-order valence-electron chi connectivity index (χ0n) is 17.3. The Balaban J connectivity index is 3.48. The summed E-state index contributed by atoms with van der Waals surface area (Å²) < 4.78 is 9.68. The van der Waals surface area contributed by atoms with Crippen LogP contribution in [0.15, 0.2) is 0 Å². The number of alkyl carbamates (subject to hydrolysis) is 1. The first-order valence-corrected chi connectivity index (χ1v) is 9.72. The standard InChI is InChI=1S/C19H37N3O5/c1-19(2,3)27-18(25)22-14-10-8-6-5-7-9-13-21-17(24)15(20)11-12-16(23)26-4/h15H,5-14,20H2,1-4H3,(H,21,24)(H,22,25)/t15-/m0/s1. The summed E-state index contributed by atoms with van der Waals surface area (Å²) in [4.78, 5) is 34.2. The number of nitrogens with one attached hydrogen (secondary N) is 2. The fourth-order valence-corrected chi connectivity index (χ4v) is 2.31. The van der Waals surface area contributed by atoms with Gasteiger partial charge in [0.25, 0.3) is 0 Å². The summed E-state index contributed by atoms with van der Waals surface area (Å²) in [6.07, 6.45) is 6.11. The minimum absolute atomic E-state index is 0.147. The molecule has 8 heteroatoms. The van der Waals surface area contributed by atoms with Crippen LogP contribution in [0.4, 0.5) is 4.79 Å². The van der Waals surface area contributed by atoms with Crippen molar-refractivity contribution in [2.45, 2.75) is 83.8 Å². The molecule has 0 spiro atoms. The van der Waals surface area contributed by atoms with Crippen molar-refractivity contribution in [1.29, 1.82) is 0 Å². The van der Waals surface area contributed by atoms with Crippen molar-refractivity contribution in [1.82, 2.24) is 10.6 Å². The molecule has 0 aliphatic heterocycles. The van der Waals surface area contributed by atoms with Crippen molar-refractivity contribution >= 4 is 18.0 Å². The van der Waals surface area contributed by atoms with Crippen LogP contribution in [-0.4, -0.2) is 49.8 Å². The number of hydrogen-bond donors (Lipinski definition) is 3. The number of methoxy groups -OCH3 is 1. The average Bonchev–Trinajstić information content (AvgIpc) is 2.58. The van der Waals surface area contributed by atoms with Crippen LogP contribution in [0.3, 0.4) is 0 Å². The van der Waals surface area contributed by atoms with Gasteiger partial charge in [-0.05, 0) is 40.0 Å². The van der Waals surface area contributed by atoms with Gasteiger partial charge >= 0.3 is 12.1 Å². The maximum atomic E-state index is 11.8. The second-order valence-corrected chi connectivity index (χ2v) is 7.56. The van der Waals surface area contributed by atoms with Crippen molar-refractivity contribution in [3.63, 3.8) is 0 Å². The fourth-order valence-electron chi connectivity index (χ4n) is 2.31. The Hall–Kier alpha value is -1.83. The van der Waals surface area contributed by atoms with E-state index < -0.39 is 11.6 Å². The summed E-state index contributed by atoms with van der Waals surface area (Å²) in [6, 6.07) is -0.679. The molecule has 0 aliphatic rings. The van der Waals surface area contributed by atoms with E-state index in [9.17, 15) is 14.4 Å². The Kier molecular flexibility index (Phi) is 13.3. The molecule has 27 heavy (non-hydrogen) atoms. The minimum Gasteiger partial charge on any atom is -0.469 e. The van der Waals surface area contributed by atoms with Crippen molar-refractivity contribution in [2.24, 2.45) is 5.73 Å². The van der Waals surface area contributed by atoms with Crippen LogP contribution < -0.4 is 16.4 Å². The smallest absolute Gasteiger partial charge is 0.407 e. The van der Waals surface area contributed by atoms with Gasteiger partial charge in [0.05, 0.1) is 13.2 Å². The Bertz CT molecular complexity index is 449. The van der Waals surface area contributed by atoms with Gasteiger partial charge < -0.3 is 25.8 Å². The molecule has 0 unspecified atom stereocenters. The topological polar surface area (TPSA) is 120 Å². The maximum absolute atomic E-state index is 11.8. The van der Waals surface area contributed by atoms with Gasteiger partial charge in [0.2, 0.25) is 5.91 Å². The molecular weight excluding hydrogens is 350 g/mol. The molecule has 0 aliphatic carbocycles. The first-order valence-electron chi connectivity index (χ1n) is 9.72. The molecule has 0 saturated carbocycles. The van der Waals surface area contributed by atoms with Crippen molar-refractivity contribution in [2.75, 3.05) is 20.2 Å². The maximum Gasteiger partial charge on any atom is 0.407 e. The Morgan fingerprint density at radius 3 is 1.96 bits per heavy atom. The zero-order chi connectivity index (χ0) is 20.7. The molecular formula is C19H37N3O5. The highest BCUT2D eigenvalue weighted by atomic mass is 16.6. The van der Waals surface area contributed by atoms with Gasteiger partial charge in [-0.3, -0.25) is 9.59 Å². The molecule has 0 aromatic carbocycles. The van der Waals surface area contributed by atoms with Crippen LogP contribution in [0.5, 0.6) is 0 Å². The monoisotopic (exact) mass is 387 g/mol. The quantitative estimate of drug-likeness (QED) is 0.329. The summed E-state index contributed by atoms with van der Waals surface area (Å²) in [5.74, 6) is -0.591. The SMILES string of the molecule is COC(=O)CC[C@H](N)C(=O)NCCCCCCCCNC(=O)OC(C)(C)C. The second kappa shape index (κ2) is 14.3. The second-order valence-electron chi connectivity index (χ2n) is 7.56. The van der Waals surface area contributed by atoms with Crippen LogP contribution in [0.25, 0.3) is 0 Å². The van der Waals surface area contributed by atoms with Crippen LogP contribution in [0, 0.1) is 0 Å². The third-order valence-electron chi connectivity index (χ3n) is 3.79. The van der Waals surface area contributed by atoms with E-state index in [1.165, 1.54) is 7.11 Å². The minimum atomic E-state index is -0.679. The lowest BCUT2D eigenvalue weighted by molar-refractivity contribution is -0.140. The number of hydrogen-bond acceptors (Lipinski definition) is 6. The van der Waals surface area contributed by atoms with E-state index in [1.54, 1.807) is 0 Å². The Morgan fingerprint density at radius 2 is 1.44 bits per heavy atom. The van der Waals surface area contributed by atoms with Crippen molar-refractivity contribution in [3.8, 4) is 0 Å². The summed E-state index contributed by atoms with van der Waals surface area (Å²) in [7, 11) is 1.31. The number of esters is 1. The first-order chi connectivity index (χ1) is 12.7. The highest BCUT2D eigenvalue weighted by molar-refractivity contribution is 5.82. The lowest BCUT2D eigenvalue weighted by Gasteiger charge is -2.19. The highest BCUT2D eigenvalue weighted by Crippen LogP contribution is 2.07. The largest absolute Gasteiger partial charge is 0.469 e. The number of rotatable bonds is 13. The molecule has 8 nitrogen and oxygen atoms in total. The third-order valence-corrected chi connectivity index (χ3v) is 3.79. The molecule has 2 amide bonds. The predicted octanol–water partition coefficient (Wildman–Crippen LogP) is 2.25. The van der Waals surface area contributed by atoms with E-state index in [0.29, 0.717) is 13.1 Å². The van der Waals surface area contributed by atoms with E-state index >= 15 is 0 Å². The number of carbonyl (C=O) groups excluding carboxylic acids is 3. The number of unbranched alkanes of at least 4 members (excludes halogenated alkanes) is 5. The number of ether oxygens (including phenoxy) is 2. The summed E-state index contributed by atoms with van der Waals surface area (Å²) in [6.45, 7) is 6.72. The molecule has 158 valence electrons. The molecule has 0 bridgehead atoms. The van der Waals surface area contributed by atoms with E-state index in [4.69, 9.17) is 10.5 Å². The predicted molar refractivity (Wildman–Crippen MR) is 104 cm³/mol. The van der Waals surface area contributed by atoms with Gasteiger partial charge in [-0.2, -0.15) is 0 Å². The van der Waals surface area contributed by atoms with Gasteiger partial charge in [0.1, 0.15) is 5.60 Å². The number of nitrogens with two attached hydrogens (primary N) is 1. The number of carbonyl (C=O) groups is 3. The van der Waals surface area contributed by atoms with Gasteiger partial charge in [-0.15, -0.1) is 0 Å². The Morgan fingerprint density at radius 1 is 0.926 bits per heavy atom. The van der Waals surface area contributed by atoms with Crippen molar-refractivity contribution in [3.05, 3.63) is 0 Å². The summed E-state index contributed by atoms with van der Waals surface area (Å²) in [5.41, 5.74) is 5.26. The molecule has 0 fully saturated rings. The molecule has 0 radical (unpaired) electrons. The molecule has 0 heterocycles. The first kappa shape index (κ1) is 25.2. The third kappa shape index (κ3) is 16.1. The van der Waals surface area contributed by atoms with E-state index in [-0.39, 0.29) is 30.8 Å². The van der Waals surface area contributed by atoms with Crippen LogP contribution in [0.2, 0.25) is 0 Å². The molecule has 0 saturated heterocycles. The number of amides is 2. The molecule has 0 rings (SSSR count). The van der Waals surface area contributed by atoms with E-state index in [2.05, 4.69) is 15.4 Å². The van der Waals surface area contributed by atoms with Crippen LogP contribution in [0.1, 0.15) is 72.1 Å². The summed E-state index contributed by atoms with van der Waals surface area (Å²) >= 11 is 0. The van der Waals surface area contributed by atoms with E-state index in [1.807, 2.05) is 20.8 Å². The fraction of sp³-hybridized carbons (Fsp3) is 0.842. The normalized spacial score (nSPS) is 12.2. The molecule has 0 aromatic heterocycles. The molecule has 1 atom stereocenters. The Labute approximate surface area is 162 Å². The average molecular weight is 388 g/mol. The lowest BCUT2D eigenvalue weighted by atomic mass is 10.1. The zero-order valence-corrected chi connectivity index (χ0v) is 17.3.